The van der Waals surface area contributed by atoms with Gasteiger partial charge in [0.15, 0.2) is 0 Å². The summed E-state index contributed by atoms with van der Waals surface area (Å²) in [5.41, 5.74) is 1.45. The number of H-pyrrole nitrogens is 1. The highest BCUT2D eigenvalue weighted by molar-refractivity contribution is 5.80. The topological polar surface area (TPSA) is 52.2 Å². The van der Waals surface area contributed by atoms with Gasteiger partial charge in [0.25, 0.3) is 0 Å². The van der Waals surface area contributed by atoms with Gasteiger partial charge in [0, 0.05) is 31.6 Å². The number of hydrogen-bond acceptors (Lipinski definition) is 3. The second-order valence-corrected chi connectivity index (χ2v) is 7.29. The molecule has 27 heavy (non-hydrogen) atoms. The molecule has 8 heteroatoms. The normalized spacial score (nSPS) is 23.3. The zero-order chi connectivity index (χ0) is 19.2. The zero-order valence-electron chi connectivity index (χ0n) is 15.0. The maximum Gasteiger partial charge on any atom is 0.432 e. The average molecular weight is 378 g/mol. The van der Waals surface area contributed by atoms with Crippen LogP contribution in [0.4, 0.5) is 13.2 Å². The highest BCUT2D eigenvalue weighted by Crippen LogP contribution is 2.35. The smallest absolute Gasteiger partial charge is 0.337 e. The molecule has 0 aliphatic carbocycles. The number of hydrogen-bond donors (Lipinski definition) is 1. The van der Waals surface area contributed by atoms with Crippen LogP contribution in [0.1, 0.15) is 35.5 Å². The molecule has 3 heterocycles. The quantitative estimate of drug-likeness (QED) is 0.890. The van der Waals surface area contributed by atoms with E-state index in [4.69, 9.17) is 0 Å². The van der Waals surface area contributed by atoms with Crippen LogP contribution in [0.2, 0.25) is 0 Å². The van der Waals surface area contributed by atoms with Crippen LogP contribution in [0.5, 0.6) is 0 Å². The average Bonchev–Trinajstić information content (AvgIpc) is 3.29. The van der Waals surface area contributed by atoms with E-state index >= 15 is 0 Å². The second kappa shape index (κ2) is 6.67. The number of nitrogens with one attached hydrogen (secondary N) is 1. The lowest BCUT2D eigenvalue weighted by atomic mass is 10.1. The number of amides is 1. The lowest BCUT2D eigenvalue weighted by Gasteiger charge is -2.25. The van der Waals surface area contributed by atoms with E-state index in [2.05, 4.69) is 14.9 Å². The fourth-order valence-corrected chi connectivity index (χ4v) is 4.16. The SMILES string of the molecule is Cc1ccccc1CN1C(=O)C[C@H]2[C@@H]1CCN2Cc1ncc(C(F)(F)F)[nH]1. The largest absolute Gasteiger partial charge is 0.432 e. The van der Waals surface area contributed by atoms with E-state index in [1.54, 1.807) is 0 Å². The van der Waals surface area contributed by atoms with Gasteiger partial charge >= 0.3 is 6.18 Å². The molecule has 2 saturated heterocycles. The van der Waals surface area contributed by atoms with Gasteiger partial charge in [-0.2, -0.15) is 13.2 Å². The molecule has 0 saturated carbocycles. The van der Waals surface area contributed by atoms with Crippen molar-refractivity contribution in [2.75, 3.05) is 6.54 Å². The third-order valence-electron chi connectivity index (χ3n) is 5.62. The van der Waals surface area contributed by atoms with Crippen LogP contribution >= 0.6 is 0 Å². The molecule has 5 nitrogen and oxygen atoms in total. The number of halogens is 3. The summed E-state index contributed by atoms with van der Waals surface area (Å²) in [7, 11) is 0. The molecule has 1 aromatic heterocycles. The van der Waals surface area contributed by atoms with Crippen molar-refractivity contribution in [3.63, 3.8) is 0 Å². The number of fused-ring (bicyclic) bond motifs is 1. The number of aromatic amines is 1. The molecule has 2 aromatic rings. The predicted molar refractivity (Wildman–Crippen MR) is 92.5 cm³/mol. The molecule has 1 aromatic carbocycles. The summed E-state index contributed by atoms with van der Waals surface area (Å²) >= 11 is 0. The Balaban J connectivity index is 1.45. The molecule has 1 amide bonds. The molecule has 0 radical (unpaired) electrons. The number of imidazole rings is 1. The maximum atomic E-state index is 12.7. The van der Waals surface area contributed by atoms with Crippen LogP contribution in [0.15, 0.2) is 30.5 Å². The lowest BCUT2D eigenvalue weighted by Crippen LogP contribution is -2.37. The minimum atomic E-state index is -4.42. The number of aryl methyl sites for hydroxylation is 1. The van der Waals surface area contributed by atoms with Crippen LogP contribution < -0.4 is 0 Å². The number of alkyl halides is 3. The number of nitrogens with zero attached hydrogens (tertiary/aromatic N) is 3. The van der Waals surface area contributed by atoms with Crippen molar-refractivity contribution in [3.8, 4) is 0 Å². The third kappa shape index (κ3) is 3.45. The van der Waals surface area contributed by atoms with Crippen molar-refractivity contribution in [2.45, 2.75) is 51.1 Å². The summed E-state index contributed by atoms with van der Waals surface area (Å²) in [5.74, 6) is 0.390. The van der Waals surface area contributed by atoms with Crippen LogP contribution in [-0.2, 0) is 24.1 Å². The summed E-state index contributed by atoms with van der Waals surface area (Å²) in [6, 6.07) is 8.14. The second-order valence-electron chi connectivity index (χ2n) is 7.29. The summed E-state index contributed by atoms with van der Waals surface area (Å²) in [5, 5.41) is 0. The summed E-state index contributed by atoms with van der Waals surface area (Å²) < 4.78 is 38.2. The van der Waals surface area contributed by atoms with Gasteiger partial charge in [-0.1, -0.05) is 24.3 Å². The van der Waals surface area contributed by atoms with Crippen LogP contribution in [0, 0.1) is 6.92 Å². The molecule has 144 valence electrons. The van der Waals surface area contributed by atoms with Gasteiger partial charge in [0.2, 0.25) is 5.91 Å². The Morgan fingerprint density at radius 1 is 1.22 bits per heavy atom. The van der Waals surface area contributed by atoms with Crippen LogP contribution in [-0.4, -0.2) is 44.3 Å². The standard InChI is InChI=1S/C19H21F3N4O/c1-12-4-2-3-5-13(12)10-26-14-6-7-25(15(14)8-18(26)27)11-17-23-9-16(24-17)19(20,21)22/h2-5,9,14-15H,6-8,10-11H2,1H3,(H,23,24)/t14-,15-/m0/s1. The van der Waals surface area contributed by atoms with Crippen molar-refractivity contribution in [2.24, 2.45) is 0 Å². The molecule has 0 spiro atoms. The first-order chi connectivity index (χ1) is 12.8. The van der Waals surface area contributed by atoms with Crippen LogP contribution in [0.3, 0.4) is 0 Å². The number of benzene rings is 1. The van der Waals surface area contributed by atoms with E-state index < -0.39 is 11.9 Å². The predicted octanol–water partition coefficient (Wildman–Crippen LogP) is 3.11. The zero-order valence-corrected chi connectivity index (χ0v) is 15.0. The first-order valence-electron chi connectivity index (χ1n) is 9.02. The van der Waals surface area contributed by atoms with E-state index in [1.807, 2.05) is 36.1 Å². The molecule has 2 aliphatic rings. The minimum absolute atomic E-state index is 0.0287. The van der Waals surface area contributed by atoms with Gasteiger partial charge in [0.1, 0.15) is 11.5 Å². The summed E-state index contributed by atoms with van der Waals surface area (Å²) in [6.45, 7) is 3.65. The molecule has 1 N–H and O–H groups in total. The summed E-state index contributed by atoms with van der Waals surface area (Å²) in [4.78, 5) is 22.8. The van der Waals surface area contributed by atoms with Crippen molar-refractivity contribution >= 4 is 5.91 Å². The first-order valence-corrected chi connectivity index (χ1v) is 9.02. The Morgan fingerprint density at radius 3 is 2.70 bits per heavy atom. The van der Waals surface area contributed by atoms with Crippen molar-refractivity contribution < 1.29 is 18.0 Å². The number of carbonyl (C=O) groups is 1. The highest BCUT2D eigenvalue weighted by Gasteiger charge is 2.46. The number of aromatic nitrogens is 2. The van der Waals surface area contributed by atoms with Gasteiger partial charge < -0.3 is 9.88 Å². The molecule has 4 rings (SSSR count). The van der Waals surface area contributed by atoms with Gasteiger partial charge in [-0.15, -0.1) is 0 Å². The van der Waals surface area contributed by atoms with E-state index in [0.717, 1.165) is 30.3 Å². The van der Waals surface area contributed by atoms with E-state index in [1.165, 1.54) is 0 Å². The Labute approximate surface area is 155 Å². The first kappa shape index (κ1) is 18.0. The maximum absolute atomic E-state index is 12.7. The third-order valence-corrected chi connectivity index (χ3v) is 5.62. The molecule has 0 bridgehead atoms. The lowest BCUT2D eigenvalue weighted by molar-refractivity contribution is -0.141. The Hall–Kier alpha value is -2.35. The van der Waals surface area contributed by atoms with Crippen LogP contribution in [0.25, 0.3) is 0 Å². The number of carbonyl (C=O) groups excluding carboxylic acids is 1. The molecule has 2 fully saturated rings. The highest BCUT2D eigenvalue weighted by atomic mass is 19.4. The van der Waals surface area contributed by atoms with E-state index in [9.17, 15) is 18.0 Å². The van der Waals surface area contributed by atoms with Gasteiger partial charge in [0.05, 0.1) is 12.7 Å². The Morgan fingerprint density at radius 2 is 2.00 bits per heavy atom. The molecule has 0 unspecified atom stereocenters. The molecule has 2 atom stereocenters. The molecule has 2 aliphatic heterocycles. The van der Waals surface area contributed by atoms with Crippen molar-refractivity contribution in [3.05, 3.63) is 53.1 Å². The number of likely N-dealkylation sites (tertiary alicyclic amines) is 2. The van der Waals surface area contributed by atoms with E-state index in [0.29, 0.717) is 19.5 Å². The monoisotopic (exact) mass is 378 g/mol. The van der Waals surface area contributed by atoms with Gasteiger partial charge in [-0.05, 0) is 24.5 Å². The Bertz CT molecular complexity index is 847. The molecular formula is C19H21F3N4O. The molecular weight excluding hydrogens is 357 g/mol. The summed E-state index contributed by atoms with van der Waals surface area (Å²) in [6.07, 6.45) is -2.36. The fraction of sp³-hybridized carbons (Fsp3) is 0.474. The van der Waals surface area contributed by atoms with Gasteiger partial charge in [-0.25, -0.2) is 4.98 Å². The van der Waals surface area contributed by atoms with Crippen molar-refractivity contribution in [1.82, 2.24) is 19.8 Å². The fourth-order valence-electron chi connectivity index (χ4n) is 4.16. The number of rotatable bonds is 4. The van der Waals surface area contributed by atoms with Gasteiger partial charge in [-0.3, -0.25) is 9.69 Å². The van der Waals surface area contributed by atoms with E-state index in [-0.39, 0.29) is 23.8 Å². The van der Waals surface area contributed by atoms with Crippen molar-refractivity contribution in [1.29, 1.82) is 0 Å². The minimum Gasteiger partial charge on any atom is -0.337 e. The Kier molecular flexibility index (Phi) is 4.46.